The molecule has 110 valence electrons. The first-order valence-electron chi connectivity index (χ1n) is 7.90. The molecule has 2 aromatic rings. The minimum atomic E-state index is -0.179. The monoisotopic (exact) mass is 285 g/mol. The van der Waals surface area contributed by atoms with E-state index < -0.39 is 0 Å². The Kier molecular flexibility index (Phi) is 3.26. The molecule has 0 spiro atoms. The van der Waals surface area contributed by atoms with Gasteiger partial charge in [-0.3, -0.25) is 4.68 Å². The van der Waals surface area contributed by atoms with Gasteiger partial charge in [-0.15, -0.1) is 0 Å². The highest BCUT2D eigenvalue weighted by atomic mass is 19.1. The Balaban J connectivity index is 1.85. The smallest absolute Gasteiger partial charge is 0.123 e. The number of rotatable bonds is 2. The SMILES string of the molecule is Fc1ccc(-c2c3c(nn2C2CCC2)CCNCC3)cc1. The van der Waals surface area contributed by atoms with E-state index in [1.54, 1.807) is 12.1 Å². The predicted octanol–water partition coefficient (Wildman–Crippen LogP) is 3.10. The van der Waals surface area contributed by atoms with Gasteiger partial charge in [0.2, 0.25) is 0 Å². The van der Waals surface area contributed by atoms with Gasteiger partial charge in [0.1, 0.15) is 5.82 Å². The second kappa shape index (κ2) is 5.26. The van der Waals surface area contributed by atoms with Gasteiger partial charge in [-0.05, 0) is 56.5 Å². The van der Waals surface area contributed by atoms with E-state index in [1.807, 2.05) is 12.1 Å². The first-order valence-corrected chi connectivity index (χ1v) is 7.90. The number of benzene rings is 1. The second-order valence-corrected chi connectivity index (χ2v) is 6.06. The van der Waals surface area contributed by atoms with Gasteiger partial charge in [0, 0.05) is 24.1 Å². The summed E-state index contributed by atoms with van der Waals surface area (Å²) in [7, 11) is 0. The third-order valence-electron chi connectivity index (χ3n) is 4.72. The number of fused-ring (bicyclic) bond motifs is 1. The van der Waals surface area contributed by atoms with Gasteiger partial charge in [-0.2, -0.15) is 5.10 Å². The molecule has 21 heavy (non-hydrogen) atoms. The maximum atomic E-state index is 13.2. The number of nitrogens with zero attached hydrogens (tertiary/aromatic N) is 2. The summed E-state index contributed by atoms with van der Waals surface area (Å²) < 4.78 is 15.5. The molecule has 1 aromatic carbocycles. The third-order valence-corrected chi connectivity index (χ3v) is 4.72. The van der Waals surface area contributed by atoms with Crippen LogP contribution in [0, 0.1) is 5.82 Å². The normalized spacial score (nSPS) is 18.9. The van der Waals surface area contributed by atoms with Crippen molar-refractivity contribution in [2.75, 3.05) is 13.1 Å². The standard InChI is InChI=1S/C17H20FN3/c18-13-6-4-12(5-7-13)17-15-8-10-19-11-9-16(15)20-21(17)14-2-1-3-14/h4-7,14,19H,1-3,8-11H2. The molecule has 0 saturated heterocycles. The second-order valence-electron chi connectivity index (χ2n) is 6.06. The Morgan fingerprint density at radius 2 is 1.86 bits per heavy atom. The first kappa shape index (κ1) is 13.0. The zero-order chi connectivity index (χ0) is 14.2. The van der Waals surface area contributed by atoms with Crippen LogP contribution in [0.4, 0.5) is 4.39 Å². The number of hydrogen-bond donors (Lipinski definition) is 1. The Morgan fingerprint density at radius 1 is 1.10 bits per heavy atom. The summed E-state index contributed by atoms with van der Waals surface area (Å²) in [6.07, 6.45) is 5.72. The van der Waals surface area contributed by atoms with E-state index >= 15 is 0 Å². The molecular weight excluding hydrogens is 265 g/mol. The van der Waals surface area contributed by atoms with Gasteiger partial charge in [-0.25, -0.2) is 4.39 Å². The molecular formula is C17H20FN3. The van der Waals surface area contributed by atoms with Crippen molar-refractivity contribution in [3.05, 3.63) is 41.3 Å². The number of aromatic nitrogens is 2. The molecule has 1 aromatic heterocycles. The number of nitrogens with one attached hydrogen (secondary N) is 1. The fourth-order valence-electron chi connectivity index (χ4n) is 3.33. The van der Waals surface area contributed by atoms with Crippen molar-refractivity contribution in [1.29, 1.82) is 0 Å². The maximum absolute atomic E-state index is 13.2. The molecule has 4 rings (SSSR count). The van der Waals surface area contributed by atoms with Crippen LogP contribution in [0.25, 0.3) is 11.3 Å². The molecule has 1 N–H and O–H groups in total. The molecule has 0 radical (unpaired) electrons. The fourth-order valence-corrected chi connectivity index (χ4v) is 3.33. The van der Waals surface area contributed by atoms with Crippen LogP contribution in [0.15, 0.2) is 24.3 Å². The molecule has 4 heteroatoms. The van der Waals surface area contributed by atoms with Gasteiger partial charge >= 0.3 is 0 Å². The number of halogens is 1. The van der Waals surface area contributed by atoms with E-state index in [-0.39, 0.29) is 5.82 Å². The molecule has 0 amide bonds. The van der Waals surface area contributed by atoms with Crippen LogP contribution >= 0.6 is 0 Å². The van der Waals surface area contributed by atoms with Gasteiger partial charge in [0.15, 0.2) is 0 Å². The van der Waals surface area contributed by atoms with Gasteiger partial charge in [0.25, 0.3) is 0 Å². The Labute approximate surface area is 124 Å². The van der Waals surface area contributed by atoms with Crippen molar-refractivity contribution in [1.82, 2.24) is 15.1 Å². The van der Waals surface area contributed by atoms with Crippen LogP contribution in [0.3, 0.4) is 0 Å². The predicted molar refractivity (Wildman–Crippen MR) is 80.8 cm³/mol. The van der Waals surface area contributed by atoms with Crippen molar-refractivity contribution < 1.29 is 4.39 Å². The molecule has 1 aliphatic heterocycles. The first-order chi connectivity index (χ1) is 10.3. The Bertz CT molecular complexity index is 641. The van der Waals surface area contributed by atoms with E-state index in [0.717, 1.165) is 31.5 Å². The van der Waals surface area contributed by atoms with E-state index in [0.29, 0.717) is 6.04 Å². The molecule has 0 unspecified atom stereocenters. The summed E-state index contributed by atoms with van der Waals surface area (Å²) >= 11 is 0. The van der Waals surface area contributed by atoms with Crippen molar-refractivity contribution >= 4 is 0 Å². The average molecular weight is 285 g/mol. The van der Waals surface area contributed by atoms with Crippen molar-refractivity contribution in [3.8, 4) is 11.3 Å². The largest absolute Gasteiger partial charge is 0.316 e. The van der Waals surface area contributed by atoms with Crippen LogP contribution in [-0.4, -0.2) is 22.9 Å². The minimum Gasteiger partial charge on any atom is -0.316 e. The molecule has 1 aliphatic carbocycles. The van der Waals surface area contributed by atoms with E-state index in [2.05, 4.69) is 10.00 Å². The summed E-state index contributed by atoms with van der Waals surface area (Å²) in [5.41, 5.74) is 4.90. The van der Waals surface area contributed by atoms with Gasteiger partial charge in [0.05, 0.1) is 17.4 Å². The van der Waals surface area contributed by atoms with Gasteiger partial charge < -0.3 is 5.32 Å². The van der Waals surface area contributed by atoms with E-state index in [1.165, 1.54) is 36.2 Å². The lowest BCUT2D eigenvalue weighted by atomic mass is 9.92. The van der Waals surface area contributed by atoms with Crippen LogP contribution in [0.5, 0.6) is 0 Å². The maximum Gasteiger partial charge on any atom is 0.123 e. The van der Waals surface area contributed by atoms with Crippen molar-refractivity contribution in [2.24, 2.45) is 0 Å². The summed E-state index contributed by atoms with van der Waals surface area (Å²) in [6.45, 7) is 2.00. The zero-order valence-corrected chi connectivity index (χ0v) is 12.1. The molecule has 0 bridgehead atoms. The lowest BCUT2D eigenvalue weighted by Crippen LogP contribution is -2.21. The van der Waals surface area contributed by atoms with Crippen molar-refractivity contribution in [3.63, 3.8) is 0 Å². The van der Waals surface area contributed by atoms with Crippen LogP contribution < -0.4 is 5.32 Å². The lowest BCUT2D eigenvalue weighted by Gasteiger charge is -2.28. The fraction of sp³-hybridized carbons (Fsp3) is 0.471. The number of hydrogen-bond acceptors (Lipinski definition) is 2. The molecule has 1 fully saturated rings. The lowest BCUT2D eigenvalue weighted by molar-refractivity contribution is 0.290. The van der Waals surface area contributed by atoms with Gasteiger partial charge in [-0.1, -0.05) is 0 Å². The summed E-state index contributed by atoms with van der Waals surface area (Å²) in [5, 5.41) is 8.35. The van der Waals surface area contributed by atoms with Crippen LogP contribution in [0.1, 0.15) is 36.6 Å². The summed E-state index contributed by atoms with van der Waals surface area (Å²) in [5.74, 6) is -0.179. The summed E-state index contributed by atoms with van der Waals surface area (Å²) in [6, 6.07) is 7.41. The molecule has 2 aliphatic rings. The Hall–Kier alpha value is -1.68. The van der Waals surface area contributed by atoms with E-state index in [4.69, 9.17) is 5.10 Å². The minimum absolute atomic E-state index is 0.179. The zero-order valence-electron chi connectivity index (χ0n) is 12.1. The topological polar surface area (TPSA) is 29.9 Å². The van der Waals surface area contributed by atoms with Crippen LogP contribution in [0.2, 0.25) is 0 Å². The Morgan fingerprint density at radius 3 is 2.57 bits per heavy atom. The molecule has 2 heterocycles. The highest BCUT2D eigenvalue weighted by Crippen LogP contribution is 2.38. The molecule has 0 atom stereocenters. The van der Waals surface area contributed by atoms with Crippen LogP contribution in [-0.2, 0) is 12.8 Å². The average Bonchev–Trinajstić information content (AvgIpc) is 2.62. The molecule has 1 saturated carbocycles. The molecule has 3 nitrogen and oxygen atoms in total. The summed E-state index contributed by atoms with van der Waals surface area (Å²) in [4.78, 5) is 0. The highest BCUT2D eigenvalue weighted by Gasteiger charge is 2.28. The third kappa shape index (κ3) is 2.27. The van der Waals surface area contributed by atoms with Crippen molar-refractivity contribution in [2.45, 2.75) is 38.1 Å². The van der Waals surface area contributed by atoms with E-state index in [9.17, 15) is 4.39 Å². The highest BCUT2D eigenvalue weighted by molar-refractivity contribution is 5.65. The quantitative estimate of drug-likeness (QED) is 0.919.